The van der Waals surface area contributed by atoms with Crippen molar-refractivity contribution in [3.8, 4) is 0 Å². The van der Waals surface area contributed by atoms with E-state index in [4.69, 9.17) is 17.3 Å². The van der Waals surface area contributed by atoms with Gasteiger partial charge in [-0.2, -0.15) is 0 Å². The molecule has 1 fully saturated rings. The second-order valence-corrected chi connectivity index (χ2v) is 6.68. The van der Waals surface area contributed by atoms with E-state index in [2.05, 4.69) is 23.5 Å². The molecule has 1 saturated carbocycles. The first-order valence-electron chi connectivity index (χ1n) is 8.06. The van der Waals surface area contributed by atoms with Crippen molar-refractivity contribution in [2.45, 2.75) is 44.9 Å². The second-order valence-electron chi connectivity index (χ2n) is 6.27. The third-order valence-electron chi connectivity index (χ3n) is 4.62. The SMILES string of the molecule is Cc1cc(Nc2ccc(C3CCCCC3)cc2Cl)ccc1N. The summed E-state index contributed by atoms with van der Waals surface area (Å²) in [7, 11) is 0. The van der Waals surface area contributed by atoms with E-state index in [1.807, 2.05) is 25.1 Å². The quantitative estimate of drug-likeness (QED) is 0.679. The molecule has 0 unspecified atom stereocenters. The maximum absolute atomic E-state index is 6.48. The topological polar surface area (TPSA) is 38.0 Å². The highest BCUT2D eigenvalue weighted by Crippen LogP contribution is 2.36. The number of hydrogen-bond donors (Lipinski definition) is 2. The molecular weight excluding hydrogens is 292 g/mol. The first-order chi connectivity index (χ1) is 10.6. The molecule has 2 nitrogen and oxygen atoms in total. The zero-order valence-electron chi connectivity index (χ0n) is 13.0. The van der Waals surface area contributed by atoms with Gasteiger partial charge in [0.05, 0.1) is 10.7 Å². The molecule has 0 aromatic heterocycles. The summed E-state index contributed by atoms with van der Waals surface area (Å²) in [4.78, 5) is 0. The first kappa shape index (κ1) is 15.2. The van der Waals surface area contributed by atoms with Gasteiger partial charge in [0.2, 0.25) is 0 Å². The zero-order chi connectivity index (χ0) is 15.5. The van der Waals surface area contributed by atoms with E-state index in [-0.39, 0.29) is 0 Å². The standard InChI is InChI=1S/C19H23ClN2/c1-13-11-16(8-9-18(13)21)22-19-10-7-15(12-17(19)20)14-5-3-2-4-6-14/h7-12,14,22H,2-6,21H2,1H3. The summed E-state index contributed by atoms with van der Waals surface area (Å²) < 4.78 is 0. The summed E-state index contributed by atoms with van der Waals surface area (Å²) in [6, 6.07) is 12.4. The number of rotatable bonds is 3. The summed E-state index contributed by atoms with van der Waals surface area (Å²) in [5.74, 6) is 0.680. The molecule has 0 spiro atoms. The van der Waals surface area contributed by atoms with Gasteiger partial charge in [0.25, 0.3) is 0 Å². The molecule has 0 aliphatic heterocycles. The van der Waals surface area contributed by atoms with Gasteiger partial charge in [0.1, 0.15) is 0 Å². The minimum atomic E-state index is 0.680. The van der Waals surface area contributed by atoms with Crippen LogP contribution in [0.4, 0.5) is 17.1 Å². The molecule has 1 aliphatic rings. The molecular formula is C19H23ClN2. The van der Waals surface area contributed by atoms with Gasteiger partial charge < -0.3 is 11.1 Å². The number of hydrogen-bond acceptors (Lipinski definition) is 2. The fourth-order valence-electron chi connectivity index (χ4n) is 3.23. The molecule has 3 N–H and O–H groups in total. The number of nitrogens with two attached hydrogens (primary N) is 1. The molecule has 0 radical (unpaired) electrons. The molecule has 1 aliphatic carbocycles. The number of halogens is 1. The van der Waals surface area contributed by atoms with Crippen LogP contribution >= 0.6 is 11.6 Å². The largest absolute Gasteiger partial charge is 0.399 e. The maximum Gasteiger partial charge on any atom is 0.0643 e. The second kappa shape index (κ2) is 6.62. The van der Waals surface area contributed by atoms with Crippen LogP contribution in [0.2, 0.25) is 5.02 Å². The number of aryl methyl sites for hydroxylation is 1. The fourth-order valence-corrected chi connectivity index (χ4v) is 3.47. The van der Waals surface area contributed by atoms with Crippen molar-refractivity contribution in [3.63, 3.8) is 0 Å². The van der Waals surface area contributed by atoms with Crippen LogP contribution in [0.1, 0.15) is 49.1 Å². The van der Waals surface area contributed by atoms with E-state index in [1.54, 1.807) is 0 Å². The average Bonchev–Trinajstić information content (AvgIpc) is 2.54. The van der Waals surface area contributed by atoms with E-state index < -0.39 is 0 Å². The molecule has 3 heteroatoms. The highest BCUT2D eigenvalue weighted by Gasteiger charge is 2.16. The van der Waals surface area contributed by atoms with Crippen molar-refractivity contribution in [3.05, 3.63) is 52.5 Å². The predicted octanol–water partition coefficient (Wildman–Crippen LogP) is 6.02. The zero-order valence-corrected chi connectivity index (χ0v) is 13.8. The van der Waals surface area contributed by atoms with E-state index in [1.165, 1.54) is 37.7 Å². The van der Waals surface area contributed by atoms with Gasteiger partial charge in [0.15, 0.2) is 0 Å². The Hall–Kier alpha value is -1.67. The van der Waals surface area contributed by atoms with Crippen LogP contribution in [0.15, 0.2) is 36.4 Å². The molecule has 0 saturated heterocycles. The molecule has 0 amide bonds. The van der Waals surface area contributed by atoms with Crippen LogP contribution in [-0.4, -0.2) is 0 Å². The Kier molecular flexibility index (Phi) is 4.58. The van der Waals surface area contributed by atoms with Crippen LogP contribution in [0.25, 0.3) is 0 Å². The molecule has 3 rings (SSSR count). The van der Waals surface area contributed by atoms with Crippen LogP contribution in [0, 0.1) is 6.92 Å². The van der Waals surface area contributed by atoms with Gasteiger partial charge in [-0.1, -0.05) is 36.9 Å². The Labute approximate surface area is 137 Å². The predicted molar refractivity (Wildman–Crippen MR) is 96.2 cm³/mol. The summed E-state index contributed by atoms with van der Waals surface area (Å²) in [5, 5.41) is 4.17. The van der Waals surface area contributed by atoms with Gasteiger partial charge in [-0.15, -0.1) is 0 Å². The van der Waals surface area contributed by atoms with Crippen molar-refractivity contribution in [2.24, 2.45) is 0 Å². The molecule has 0 atom stereocenters. The molecule has 0 bridgehead atoms. The lowest BCUT2D eigenvalue weighted by Crippen LogP contribution is -2.04. The molecule has 22 heavy (non-hydrogen) atoms. The summed E-state index contributed by atoms with van der Waals surface area (Å²) >= 11 is 6.48. The third-order valence-corrected chi connectivity index (χ3v) is 4.93. The van der Waals surface area contributed by atoms with Crippen molar-refractivity contribution in [1.29, 1.82) is 0 Å². The van der Waals surface area contributed by atoms with Gasteiger partial charge in [-0.3, -0.25) is 0 Å². The number of nitrogens with one attached hydrogen (secondary N) is 1. The number of anilines is 3. The lowest BCUT2D eigenvalue weighted by atomic mass is 9.84. The smallest absolute Gasteiger partial charge is 0.0643 e. The lowest BCUT2D eigenvalue weighted by Gasteiger charge is -2.22. The minimum Gasteiger partial charge on any atom is -0.399 e. The third kappa shape index (κ3) is 3.38. The Balaban J connectivity index is 1.78. The Morgan fingerprint density at radius 3 is 2.50 bits per heavy atom. The summed E-state index contributed by atoms with van der Waals surface area (Å²) in [5.41, 5.74) is 11.1. The van der Waals surface area contributed by atoms with E-state index in [0.717, 1.165) is 27.6 Å². The summed E-state index contributed by atoms with van der Waals surface area (Å²) in [6.45, 7) is 2.01. The lowest BCUT2D eigenvalue weighted by molar-refractivity contribution is 0.443. The van der Waals surface area contributed by atoms with Crippen LogP contribution < -0.4 is 11.1 Å². The van der Waals surface area contributed by atoms with Crippen molar-refractivity contribution < 1.29 is 0 Å². The molecule has 2 aromatic carbocycles. The Morgan fingerprint density at radius 2 is 1.82 bits per heavy atom. The van der Waals surface area contributed by atoms with Crippen molar-refractivity contribution in [1.82, 2.24) is 0 Å². The van der Waals surface area contributed by atoms with E-state index >= 15 is 0 Å². The molecule has 0 heterocycles. The Morgan fingerprint density at radius 1 is 1.05 bits per heavy atom. The van der Waals surface area contributed by atoms with Crippen LogP contribution in [0.3, 0.4) is 0 Å². The van der Waals surface area contributed by atoms with Crippen molar-refractivity contribution >= 4 is 28.7 Å². The first-order valence-corrected chi connectivity index (χ1v) is 8.44. The molecule has 116 valence electrons. The van der Waals surface area contributed by atoms with Gasteiger partial charge in [-0.05, 0) is 67.1 Å². The van der Waals surface area contributed by atoms with Gasteiger partial charge >= 0.3 is 0 Å². The normalized spacial score (nSPS) is 15.7. The monoisotopic (exact) mass is 314 g/mol. The van der Waals surface area contributed by atoms with Crippen LogP contribution in [-0.2, 0) is 0 Å². The van der Waals surface area contributed by atoms with Crippen molar-refractivity contribution in [2.75, 3.05) is 11.1 Å². The van der Waals surface area contributed by atoms with Crippen LogP contribution in [0.5, 0.6) is 0 Å². The highest BCUT2D eigenvalue weighted by molar-refractivity contribution is 6.33. The van der Waals surface area contributed by atoms with E-state index in [9.17, 15) is 0 Å². The van der Waals surface area contributed by atoms with Gasteiger partial charge in [0, 0.05) is 11.4 Å². The van der Waals surface area contributed by atoms with E-state index in [0.29, 0.717) is 5.92 Å². The maximum atomic E-state index is 6.48. The number of nitrogen functional groups attached to an aromatic ring is 1. The Bertz CT molecular complexity index is 660. The number of benzene rings is 2. The molecule has 2 aromatic rings. The average molecular weight is 315 g/mol. The van der Waals surface area contributed by atoms with Gasteiger partial charge in [-0.25, -0.2) is 0 Å². The highest BCUT2D eigenvalue weighted by atomic mass is 35.5. The fraction of sp³-hybridized carbons (Fsp3) is 0.368. The minimum absolute atomic E-state index is 0.680. The summed E-state index contributed by atoms with van der Waals surface area (Å²) in [6.07, 6.45) is 6.64.